The number of carbonyl (C=O) groups is 1. The van der Waals surface area contributed by atoms with Gasteiger partial charge in [0, 0.05) is 6.54 Å². The smallest absolute Gasteiger partial charge is 0.324 e. The molecule has 2 heterocycles. The molecule has 1 aliphatic rings. The third-order valence-corrected chi connectivity index (χ3v) is 5.17. The summed E-state index contributed by atoms with van der Waals surface area (Å²) >= 11 is 0. The highest BCUT2D eigenvalue weighted by Gasteiger charge is 2.41. The van der Waals surface area contributed by atoms with Crippen molar-refractivity contribution in [3.05, 3.63) is 17.6 Å². The van der Waals surface area contributed by atoms with Crippen LogP contribution in [-0.2, 0) is 19.6 Å². The van der Waals surface area contributed by atoms with Crippen LogP contribution >= 0.6 is 0 Å². The predicted octanol–water partition coefficient (Wildman–Crippen LogP) is 0.759. The van der Waals surface area contributed by atoms with Crippen molar-refractivity contribution < 1.29 is 27.5 Å². The Kier molecular flexibility index (Phi) is 3.90. The van der Waals surface area contributed by atoms with Gasteiger partial charge in [-0.15, -0.1) is 0 Å². The first-order chi connectivity index (χ1) is 9.23. The second-order valence-electron chi connectivity index (χ2n) is 4.85. The molecule has 0 aromatic carbocycles. The number of rotatable bonds is 3. The van der Waals surface area contributed by atoms with Gasteiger partial charge in [0.1, 0.15) is 22.5 Å². The van der Waals surface area contributed by atoms with E-state index in [9.17, 15) is 18.3 Å². The first-order valence-electron chi connectivity index (χ1n) is 6.16. The van der Waals surface area contributed by atoms with Gasteiger partial charge in [0.15, 0.2) is 0 Å². The number of morpholine rings is 1. The Morgan fingerprint density at radius 3 is 2.60 bits per heavy atom. The number of sulfonamides is 1. The molecule has 1 saturated heterocycles. The molecule has 1 aromatic rings. The van der Waals surface area contributed by atoms with Gasteiger partial charge in [-0.25, -0.2) is 8.42 Å². The number of ether oxygens (including phenoxy) is 1. The van der Waals surface area contributed by atoms with Crippen LogP contribution in [0, 0.1) is 13.8 Å². The molecule has 112 valence electrons. The maximum absolute atomic E-state index is 12.6. The molecular weight excluding hydrogens is 286 g/mol. The van der Waals surface area contributed by atoms with Crippen molar-refractivity contribution in [3.8, 4) is 0 Å². The Balaban J connectivity index is 2.45. The van der Waals surface area contributed by atoms with E-state index >= 15 is 0 Å². The molecule has 0 amide bonds. The second kappa shape index (κ2) is 5.19. The Bertz CT molecular complexity index is 620. The van der Waals surface area contributed by atoms with Gasteiger partial charge in [-0.2, -0.15) is 4.31 Å². The number of carboxylic acids is 1. The Labute approximate surface area is 117 Å². The van der Waals surface area contributed by atoms with E-state index in [2.05, 4.69) is 0 Å². The van der Waals surface area contributed by atoms with Crippen molar-refractivity contribution in [2.75, 3.05) is 13.2 Å². The van der Waals surface area contributed by atoms with E-state index < -0.39 is 22.0 Å². The number of hydrogen-bond acceptors (Lipinski definition) is 5. The number of aryl methyl sites for hydroxylation is 2. The average molecular weight is 303 g/mol. The third kappa shape index (κ3) is 2.58. The zero-order chi connectivity index (χ0) is 15.1. The fourth-order valence-corrected chi connectivity index (χ4v) is 4.09. The van der Waals surface area contributed by atoms with Crippen molar-refractivity contribution >= 4 is 16.0 Å². The van der Waals surface area contributed by atoms with Gasteiger partial charge in [0.05, 0.1) is 12.7 Å². The molecule has 8 heteroatoms. The Morgan fingerprint density at radius 1 is 1.45 bits per heavy atom. The summed E-state index contributed by atoms with van der Waals surface area (Å²) < 4.78 is 36.7. The molecule has 7 nitrogen and oxygen atoms in total. The summed E-state index contributed by atoms with van der Waals surface area (Å²) in [4.78, 5) is 11.2. The van der Waals surface area contributed by atoms with Crippen LogP contribution in [0.25, 0.3) is 0 Å². The normalized spacial score (nSPS) is 24.8. The van der Waals surface area contributed by atoms with Crippen LogP contribution in [0.5, 0.6) is 0 Å². The van der Waals surface area contributed by atoms with Crippen molar-refractivity contribution in [1.82, 2.24) is 4.31 Å². The van der Waals surface area contributed by atoms with Crippen molar-refractivity contribution in [1.29, 1.82) is 0 Å². The first kappa shape index (κ1) is 15.0. The lowest BCUT2D eigenvalue weighted by Crippen LogP contribution is -2.54. The summed E-state index contributed by atoms with van der Waals surface area (Å²) in [6.45, 7) is 4.73. The minimum absolute atomic E-state index is 0.00294. The van der Waals surface area contributed by atoms with Crippen LogP contribution in [0.2, 0.25) is 0 Å². The molecule has 0 radical (unpaired) electrons. The van der Waals surface area contributed by atoms with E-state index in [1.54, 1.807) is 20.8 Å². The maximum atomic E-state index is 12.6. The number of furan rings is 1. The fourth-order valence-electron chi connectivity index (χ4n) is 2.22. The quantitative estimate of drug-likeness (QED) is 0.885. The van der Waals surface area contributed by atoms with E-state index in [1.807, 2.05) is 0 Å². The molecule has 1 N–H and O–H groups in total. The molecule has 1 aromatic heterocycles. The maximum Gasteiger partial charge on any atom is 0.324 e. The first-order valence-corrected chi connectivity index (χ1v) is 7.60. The zero-order valence-corrected chi connectivity index (χ0v) is 12.3. The molecule has 0 unspecified atom stereocenters. The predicted molar refractivity (Wildman–Crippen MR) is 68.9 cm³/mol. The van der Waals surface area contributed by atoms with Crippen LogP contribution in [0.3, 0.4) is 0 Å². The van der Waals surface area contributed by atoms with E-state index in [4.69, 9.17) is 9.15 Å². The molecule has 1 fully saturated rings. The van der Waals surface area contributed by atoms with Crippen molar-refractivity contribution in [3.63, 3.8) is 0 Å². The highest BCUT2D eigenvalue weighted by Crippen LogP contribution is 2.27. The zero-order valence-electron chi connectivity index (χ0n) is 11.5. The van der Waals surface area contributed by atoms with Gasteiger partial charge >= 0.3 is 5.97 Å². The van der Waals surface area contributed by atoms with Gasteiger partial charge in [-0.3, -0.25) is 4.79 Å². The van der Waals surface area contributed by atoms with Gasteiger partial charge < -0.3 is 14.3 Å². The lowest BCUT2D eigenvalue weighted by Gasteiger charge is -2.34. The van der Waals surface area contributed by atoms with E-state index in [0.29, 0.717) is 5.76 Å². The molecule has 20 heavy (non-hydrogen) atoms. The van der Waals surface area contributed by atoms with E-state index in [0.717, 1.165) is 4.31 Å². The molecule has 1 aliphatic heterocycles. The minimum Gasteiger partial charge on any atom is -0.480 e. The van der Waals surface area contributed by atoms with Gasteiger partial charge in [-0.05, 0) is 26.8 Å². The van der Waals surface area contributed by atoms with Gasteiger partial charge in [0.2, 0.25) is 10.0 Å². The summed E-state index contributed by atoms with van der Waals surface area (Å²) in [6, 6.07) is 0.190. The largest absolute Gasteiger partial charge is 0.480 e. The SMILES string of the molecule is Cc1cc(S(=O)(=O)N2C[C@@H](C)OC[C@@H]2C(=O)O)c(C)o1. The molecule has 0 spiro atoms. The summed E-state index contributed by atoms with van der Waals surface area (Å²) in [7, 11) is -3.92. The Hall–Kier alpha value is -1.38. The van der Waals surface area contributed by atoms with Gasteiger partial charge in [0.25, 0.3) is 0 Å². The summed E-state index contributed by atoms with van der Waals surface area (Å²) in [6.07, 6.45) is -0.353. The topological polar surface area (TPSA) is 97.0 Å². The Morgan fingerprint density at radius 2 is 2.10 bits per heavy atom. The van der Waals surface area contributed by atoms with Crippen LogP contribution < -0.4 is 0 Å². The molecule has 2 atom stereocenters. The van der Waals surface area contributed by atoms with E-state index in [1.165, 1.54) is 6.07 Å². The monoisotopic (exact) mass is 303 g/mol. The van der Waals surface area contributed by atoms with Crippen molar-refractivity contribution in [2.45, 2.75) is 37.8 Å². The minimum atomic E-state index is -3.92. The molecule has 0 bridgehead atoms. The van der Waals surface area contributed by atoms with Crippen LogP contribution in [0.1, 0.15) is 18.4 Å². The highest BCUT2D eigenvalue weighted by molar-refractivity contribution is 7.89. The average Bonchev–Trinajstić information content (AvgIpc) is 2.68. The van der Waals surface area contributed by atoms with Gasteiger partial charge in [-0.1, -0.05) is 0 Å². The molecule has 0 aliphatic carbocycles. The molecule has 0 saturated carbocycles. The number of nitrogens with zero attached hydrogens (tertiary/aromatic N) is 1. The molecular formula is C12H17NO6S. The number of hydrogen-bond donors (Lipinski definition) is 1. The van der Waals surface area contributed by atoms with E-state index in [-0.39, 0.29) is 29.9 Å². The standard InChI is InChI=1S/C12H17NO6S/c1-7-4-11(9(3)19-7)20(16,17)13-5-8(2)18-6-10(13)12(14)15/h4,8,10H,5-6H2,1-3H3,(H,14,15)/t8-,10-/m1/s1. The summed E-state index contributed by atoms with van der Waals surface area (Å²) in [5.74, 6) is -0.501. The second-order valence-corrected chi connectivity index (χ2v) is 6.71. The van der Waals surface area contributed by atoms with Crippen LogP contribution in [0.15, 0.2) is 15.4 Å². The summed E-state index contributed by atoms with van der Waals surface area (Å²) in [5.41, 5.74) is 0. The lowest BCUT2D eigenvalue weighted by molar-refractivity contribution is -0.148. The van der Waals surface area contributed by atoms with Crippen LogP contribution in [-0.4, -0.2) is 49.1 Å². The highest BCUT2D eigenvalue weighted by atomic mass is 32.2. The third-order valence-electron chi connectivity index (χ3n) is 3.19. The fraction of sp³-hybridized carbons (Fsp3) is 0.583. The van der Waals surface area contributed by atoms with Crippen molar-refractivity contribution in [2.24, 2.45) is 0 Å². The summed E-state index contributed by atoms with van der Waals surface area (Å²) in [5, 5.41) is 9.17. The molecule has 2 rings (SSSR count). The lowest BCUT2D eigenvalue weighted by atomic mass is 10.2. The number of aliphatic carboxylic acids is 1. The van der Waals surface area contributed by atoms with Crippen LogP contribution in [0.4, 0.5) is 0 Å². The number of carboxylic acid groups (broad SMARTS) is 1.